The minimum atomic E-state index is 0.161. The zero-order valence-corrected chi connectivity index (χ0v) is 11.5. The number of Topliss-reactive ketones (excluding diaryl/α,β-unsaturated/α-hetero) is 1. The number of hydrogen-bond acceptors (Lipinski definition) is 4. The zero-order chi connectivity index (χ0) is 13.9. The predicted molar refractivity (Wildman–Crippen MR) is 77.6 cm³/mol. The lowest BCUT2D eigenvalue weighted by molar-refractivity contribution is 0.0951. The summed E-state index contributed by atoms with van der Waals surface area (Å²) in [5, 5.41) is 3.21. The van der Waals surface area contributed by atoms with E-state index in [1.54, 1.807) is 6.20 Å². The highest BCUT2D eigenvalue weighted by Crippen LogP contribution is 2.24. The highest BCUT2D eigenvalue weighted by molar-refractivity contribution is 5.98. The van der Waals surface area contributed by atoms with Gasteiger partial charge < -0.3 is 5.32 Å². The number of benzene rings is 1. The molecule has 102 valence electrons. The molecule has 0 saturated heterocycles. The van der Waals surface area contributed by atoms with E-state index >= 15 is 0 Å². The maximum absolute atomic E-state index is 11.9. The Balaban J connectivity index is 1.75. The smallest absolute Gasteiger partial charge is 0.223 e. The van der Waals surface area contributed by atoms with Crippen molar-refractivity contribution in [3.8, 4) is 0 Å². The van der Waals surface area contributed by atoms with Crippen LogP contribution in [0.5, 0.6) is 0 Å². The van der Waals surface area contributed by atoms with Crippen LogP contribution in [0.25, 0.3) is 0 Å². The van der Waals surface area contributed by atoms with Crippen LogP contribution >= 0.6 is 0 Å². The summed E-state index contributed by atoms with van der Waals surface area (Å²) in [4.78, 5) is 20.6. The summed E-state index contributed by atoms with van der Waals surface area (Å²) >= 11 is 0. The van der Waals surface area contributed by atoms with Crippen molar-refractivity contribution in [2.75, 3.05) is 5.32 Å². The normalized spacial score (nSPS) is 17.6. The number of nitrogens with zero attached hydrogens (tertiary/aromatic N) is 2. The highest BCUT2D eigenvalue weighted by Gasteiger charge is 2.24. The molecular formula is C16H17N3O. The van der Waals surface area contributed by atoms with Crippen molar-refractivity contribution >= 4 is 11.7 Å². The van der Waals surface area contributed by atoms with E-state index in [9.17, 15) is 4.79 Å². The number of hydrogen-bond donors (Lipinski definition) is 1. The average Bonchev–Trinajstić information content (AvgIpc) is 2.45. The van der Waals surface area contributed by atoms with Gasteiger partial charge in [-0.25, -0.2) is 9.97 Å². The molecule has 4 heteroatoms. The molecule has 3 rings (SSSR count). The predicted octanol–water partition coefficient (Wildman–Crippen LogP) is 2.85. The van der Waals surface area contributed by atoms with E-state index in [1.165, 1.54) is 5.56 Å². The Morgan fingerprint density at radius 1 is 1.25 bits per heavy atom. The molecule has 0 bridgehead atoms. The fourth-order valence-corrected chi connectivity index (χ4v) is 2.50. The van der Waals surface area contributed by atoms with Gasteiger partial charge in [-0.3, -0.25) is 4.79 Å². The zero-order valence-electron chi connectivity index (χ0n) is 11.5. The van der Waals surface area contributed by atoms with E-state index in [-0.39, 0.29) is 5.78 Å². The molecule has 1 atom stereocenters. The third kappa shape index (κ3) is 2.69. The number of rotatable bonds is 3. The number of aromatic nitrogens is 2. The lowest BCUT2D eigenvalue weighted by atomic mass is 9.88. The van der Waals surface area contributed by atoms with Crippen LogP contribution in [0.2, 0.25) is 0 Å². The van der Waals surface area contributed by atoms with Gasteiger partial charge in [0, 0.05) is 19.2 Å². The van der Waals surface area contributed by atoms with Gasteiger partial charge in [-0.2, -0.15) is 0 Å². The van der Waals surface area contributed by atoms with Gasteiger partial charge in [0.1, 0.15) is 0 Å². The third-order valence-electron chi connectivity index (χ3n) is 3.54. The lowest BCUT2D eigenvalue weighted by Gasteiger charge is -2.19. The topological polar surface area (TPSA) is 54.9 Å². The molecule has 1 N–H and O–H groups in total. The number of nitrogens with one attached hydrogen (secondary N) is 1. The van der Waals surface area contributed by atoms with Crippen molar-refractivity contribution in [3.63, 3.8) is 0 Å². The molecule has 20 heavy (non-hydrogen) atoms. The molecule has 0 saturated carbocycles. The molecule has 0 unspecified atom stereocenters. The van der Waals surface area contributed by atoms with Crippen LogP contribution in [-0.4, -0.2) is 15.8 Å². The van der Waals surface area contributed by atoms with Crippen molar-refractivity contribution in [1.29, 1.82) is 0 Å². The van der Waals surface area contributed by atoms with E-state index in [1.807, 2.05) is 18.2 Å². The Hall–Kier alpha value is -2.23. The first-order valence-electron chi connectivity index (χ1n) is 6.89. The van der Waals surface area contributed by atoms with Gasteiger partial charge in [-0.1, -0.05) is 37.3 Å². The van der Waals surface area contributed by atoms with E-state index in [4.69, 9.17) is 0 Å². The maximum Gasteiger partial charge on any atom is 0.223 e. The Morgan fingerprint density at radius 3 is 2.85 bits per heavy atom. The van der Waals surface area contributed by atoms with Crippen LogP contribution in [-0.2, 0) is 13.0 Å². The Bertz CT molecular complexity index is 625. The first-order valence-corrected chi connectivity index (χ1v) is 6.89. The van der Waals surface area contributed by atoms with Crippen molar-refractivity contribution in [2.24, 2.45) is 5.92 Å². The van der Waals surface area contributed by atoms with Gasteiger partial charge in [-0.05, 0) is 17.9 Å². The molecule has 0 aliphatic heterocycles. The maximum atomic E-state index is 11.9. The molecule has 1 aliphatic carbocycles. The monoisotopic (exact) mass is 267 g/mol. The second kappa shape index (κ2) is 5.41. The summed E-state index contributed by atoms with van der Waals surface area (Å²) in [6.45, 7) is 2.77. The highest BCUT2D eigenvalue weighted by atomic mass is 16.1. The summed E-state index contributed by atoms with van der Waals surface area (Å²) in [5.74, 6) is 1.12. The molecule has 1 aliphatic rings. The standard InChI is InChI=1S/C16H17N3O/c1-11-7-14-13(15(20)8-11)10-18-16(19-14)17-9-12-5-3-2-4-6-12/h2-6,10-11H,7-9H2,1H3,(H,17,18,19)/t11-/m0/s1. The van der Waals surface area contributed by atoms with Crippen LogP contribution in [0.15, 0.2) is 36.5 Å². The number of carbonyl (C=O) groups excluding carboxylic acids is 1. The average molecular weight is 267 g/mol. The van der Waals surface area contributed by atoms with Crippen LogP contribution in [0.4, 0.5) is 5.95 Å². The molecule has 2 aromatic rings. The molecule has 1 heterocycles. The minimum absolute atomic E-state index is 0.161. The van der Waals surface area contributed by atoms with E-state index in [2.05, 4.69) is 34.3 Å². The fourth-order valence-electron chi connectivity index (χ4n) is 2.50. The van der Waals surface area contributed by atoms with Gasteiger partial charge in [-0.15, -0.1) is 0 Å². The number of ketones is 1. The van der Waals surface area contributed by atoms with Gasteiger partial charge in [0.05, 0.1) is 11.3 Å². The second-order valence-corrected chi connectivity index (χ2v) is 5.33. The molecule has 1 aromatic carbocycles. The first-order chi connectivity index (χ1) is 9.72. The molecule has 0 spiro atoms. The van der Waals surface area contributed by atoms with E-state index < -0.39 is 0 Å². The second-order valence-electron chi connectivity index (χ2n) is 5.33. The summed E-state index contributed by atoms with van der Waals surface area (Å²) in [6.07, 6.45) is 3.11. The summed E-state index contributed by atoms with van der Waals surface area (Å²) in [6, 6.07) is 10.1. The Morgan fingerprint density at radius 2 is 2.05 bits per heavy atom. The first kappa shape index (κ1) is 12.8. The van der Waals surface area contributed by atoms with E-state index in [0.717, 1.165) is 12.1 Å². The molecule has 0 amide bonds. The van der Waals surface area contributed by atoms with Crippen molar-refractivity contribution in [1.82, 2.24) is 9.97 Å². The summed E-state index contributed by atoms with van der Waals surface area (Å²) < 4.78 is 0. The van der Waals surface area contributed by atoms with Gasteiger partial charge in [0.2, 0.25) is 5.95 Å². The van der Waals surface area contributed by atoms with Crippen molar-refractivity contribution in [2.45, 2.75) is 26.3 Å². The fraction of sp³-hybridized carbons (Fsp3) is 0.312. The van der Waals surface area contributed by atoms with Crippen LogP contribution < -0.4 is 5.32 Å². The third-order valence-corrected chi connectivity index (χ3v) is 3.54. The summed E-state index contributed by atoms with van der Waals surface area (Å²) in [5.41, 5.74) is 2.74. The quantitative estimate of drug-likeness (QED) is 0.929. The van der Waals surface area contributed by atoms with E-state index in [0.29, 0.717) is 30.4 Å². The summed E-state index contributed by atoms with van der Waals surface area (Å²) in [7, 11) is 0. The van der Waals surface area contributed by atoms with Crippen molar-refractivity contribution < 1.29 is 4.79 Å². The number of carbonyl (C=O) groups is 1. The SMILES string of the molecule is C[C@@H]1CC(=O)c2cnc(NCc3ccccc3)nc2C1. The Kier molecular flexibility index (Phi) is 3.46. The number of fused-ring (bicyclic) bond motifs is 1. The van der Waals surface area contributed by atoms with Crippen LogP contribution in [0.1, 0.15) is 35.0 Å². The van der Waals surface area contributed by atoms with Crippen molar-refractivity contribution in [3.05, 3.63) is 53.3 Å². The van der Waals surface area contributed by atoms with Gasteiger partial charge in [0.25, 0.3) is 0 Å². The molecule has 0 radical (unpaired) electrons. The molecule has 0 fully saturated rings. The molecular weight excluding hydrogens is 250 g/mol. The largest absolute Gasteiger partial charge is 0.350 e. The molecule has 1 aromatic heterocycles. The Labute approximate surface area is 118 Å². The molecule has 4 nitrogen and oxygen atoms in total. The minimum Gasteiger partial charge on any atom is -0.350 e. The van der Waals surface area contributed by atoms with Crippen LogP contribution in [0, 0.1) is 5.92 Å². The van der Waals surface area contributed by atoms with Gasteiger partial charge in [0.15, 0.2) is 5.78 Å². The lowest BCUT2D eigenvalue weighted by Crippen LogP contribution is -2.20. The van der Waals surface area contributed by atoms with Crippen LogP contribution in [0.3, 0.4) is 0 Å². The number of anilines is 1. The van der Waals surface area contributed by atoms with Gasteiger partial charge >= 0.3 is 0 Å².